The highest BCUT2D eigenvalue weighted by molar-refractivity contribution is 6.14. The molecule has 59 heavy (non-hydrogen) atoms. The number of nitrogens with zero attached hydrogens (tertiary/aromatic N) is 2. The summed E-state index contributed by atoms with van der Waals surface area (Å²) in [6, 6.07) is 78.9. The molecule has 2 heteroatoms. The summed E-state index contributed by atoms with van der Waals surface area (Å²) in [6.45, 7) is 0. The van der Waals surface area contributed by atoms with Crippen LogP contribution in [-0.2, 0) is 0 Å². The van der Waals surface area contributed by atoms with Crippen LogP contribution >= 0.6 is 0 Å². The van der Waals surface area contributed by atoms with Gasteiger partial charge in [-0.25, -0.2) is 0 Å². The van der Waals surface area contributed by atoms with Crippen LogP contribution in [0.25, 0.3) is 98.8 Å². The zero-order chi connectivity index (χ0) is 38.6. The number of rotatable bonds is 4. The van der Waals surface area contributed by atoms with Gasteiger partial charge in [0, 0.05) is 38.8 Å². The number of fused-ring (bicyclic) bond motifs is 11. The quantitative estimate of drug-likeness (QED) is 0.170. The predicted molar refractivity (Wildman–Crippen MR) is 248 cm³/mol. The molecule has 0 bridgehead atoms. The third kappa shape index (κ3) is 4.81. The minimum absolute atomic E-state index is 0.177. The summed E-state index contributed by atoms with van der Waals surface area (Å²) < 4.78 is 4.91. The smallest absolute Gasteiger partial charge is 0.0547 e. The molecule has 0 radical (unpaired) electrons. The van der Waals surface area contributed by atoms with E-state index in [1.165, 1.54) is 115 Å². The van der Waals surface area contributed by atoms with Gasteiger partial charge in [-0.2, -0.15) is 0 Å². The van der Waals surface area contributed by atoms with Crippen LogP contribution < -0.4 is 0 Å². The van der Waals surface area contributed by atoms with E-state index in [1.807, 2.05) is 0 Å². The Morgan fingerprint density at radius 2 is 0.814 bits per heavy atom. The van der Waals surface area contributed by atoms with E-state index < -0.39 is 0 Å². The van der Waals surface area contributed by atoms with E-state index in [-0.39, 0.29) is 5.92 Å². The third-order valence-electron chi connectivity index (χ3n) is 12.9. The Morgan fingerprint density at radius 1 is 0.288 bits per heavy atom. The Hall–Kier alpha value is -7.68. The van der Waals surface area contributed by atoms with Gasteiger partial charge >= 0.3 is 0 Å². The normalized spacial score (nSPS) is 13.6. The van der Waals surface area contributed by atoms with Crippen molar-refractivity contribution in [2.24, 2.45) is 0 Å². The summed E-state index contributed by atoms with van der Waals surface area (Å²) >= 11 is 0. The van der Waals surface area contributed by atoms with Gasteiger partial charge < -0.3 is 9.13 Å². The monoisotopic (exact) mass is 748 g/mol. The molecule has 0 amide bonds. The molecule has 13 rings (SSSR count). The second kappa shape index (κ2) is 12.4. The first kappa shape index (κ1) is 32.4. The number of hydrogen-bond acceptors (Lipinski definition) is 0. The topological polar surface area (TPSA) is 9.86 Å². The van der Waals surface area contributed by atoms with Crippen molar-refractivity contribution in [1.29, 1.82) is 0 Å². The summed E-state index contributed by atoms with van der Waals surface area (Å²) in [7, 11) is 0. The van der Waals surface area contributed by atoms with Crippen LogP contribution in [0.1, 0.15) is 22.6 Å². The molecule has 0 spiro atoms. The van der Waals surface area contributed by atoms with E-state index in [4.69, 9.17) is 0 Å². The minimum Gasteiger partial charge on any atom is -0.309 e. The Bertz CT molecular complexity index is 3680. The van der Waals surface area contributed by atoms with Crippen LogP contribution in [0.3, 0.4) is 0 Å². The van der Waals surface area contributed by atoms with Crippen molar-refractivity contribution >= 4 is 65.2 Å². The fourth-order valence-corrected chi connectivity index (χ4v) is 10.2. The SMILES string of the molecule is c1ccc(C2c3ccccc3-c3cc4c(cc32)c2cc(-c3ccc5c(c3)c3ccccc3n5-c3ccc5ccccc5c3)ccc2n4-c2ccc3ccccc3c2)cc1. The summed E-state index contributed by atoms with van der Waals surface area (Å²) in [5, 5.41) is 10.0. The predicted octanol–water partition coefficient (Wildman–Crippen LogP) is 15.0. The van der Waals surface area contributed by atoms with Crippen LogP contribution in [0.5, 0.6) is 0 Å². The van der Waals surface area contributed by atoms with Crippen molar-refractivity contribution in [3.05, 3.63) is 229 Å². The van der Waals surface area contributed by atoms with Gasteiger partial charge in [-0.05, 0) is 127 Å². The number of para-hydroxylation sites is 1. The van der Waals surface area contributed by atoms with E-state index >= 15 is 0 Å². The summed E-state index contributed by atoms with van der Waals surface area (Å²) in [5.41, 5.74) is 16.3. The van der Waals surface area contributed by atoms with E-state index in [9.17, 15) is 0 Å². The van der Waals surface area contributed by atoms with Gasteiger partial charge in [0.05, 0.1) is 22.1 Å². The lowest BCUT2D eigenvalue weighted by Crippen LogP contribution is -1.99. The van der Waals surface area contributed by atoms with Crippen LogP contribution in [0.2, 0.25) is 0 Å². The average Bonchev–Trinajstić information content (AvgIpc) is 3.93. The number of hydrogen-bond donors (Lipinski definition) is 0. The van der Waals surface area contributed by atoms with E-state index in [1.54, 1.807) is 0 Å². The molecule has 2 heterocycles. The van der Waals surface area contributed by atoms with Crippen LogP contribution in [-0.4, -0.2) is 9.13 Å². The van der Waals surface area contributed by atoms with Gasteiger partial charge in [-0.1, -0.05) is 146 Å². The van der Waals surface area contributed by atoms with Gasteiger partial charge in [0.15, 0.2) is 0 Å². The maximum Gasteiger partial charge on any atom is 0.0547 e. The maximum absolute atomic E-state index is 2.51. The fraction of sp³-hybridized carbons (Fsp3) is 0.0175. The fourth-order valence-electron chi connectivity index (χ4n) is 10.2. The Labute approximate surface area is 341 Å². The first-order valence-electron chi connectivity index (χ1n) is 20.5. The Morgan fingerprint density at radius 3 is 1.51 bits per heavy atom. The second-order valence-corrected chi connectivity index (χ2v) is 16.1. The molecule has 0 saturated carbocycles. The van der Waals surface area contributed by atoms with E-state index in [0.29, 0.717) is 0 Å². The van der Waals surface area contributed by atoms with Crippen LogP contribution in [0.15, 0.2) is 212 Å². The second-order valence-electron chi connectivity index (χ2n) is 16.1. The number of benzene rings is 10. The Kier molecular flexibility index (Phi) is 6.82. The lowest BCUT2D eigenvalue weighted by molar-refractivity contribution is 1.02. The van der Waals surface area contributed by atoms with E-state index in [2.05, 4.69) is 221 Å². The highest BCUT2D eigenvalue weighted by Crippen LogP contribution is 2.51. The van der Waals surface area contributed by atoms with Gasteiger partial charge in [0.2, 0.25) is 0 Å². The first-order valence-corrected chi connectivity index (χ1v) is 20.5. The van der Waals surface area contributed by atoms with Gasteiger partial charge in [0.1, 0.15) is 0 Å². The molecule has 10 aromatic carbocycles. The molecule has 2 nitrogen and oxygen atoms in total. The minimum atomic E-state index is 0.177. The summed E-state index contributed by atoms with van der Waals surface area (Å²) in [6.07, 6.45) is 0. The molecule has 0 aliphatic heterocycles. The average molecular weight is 749 g/mol. The van der Waals surface area contributed by atoms with Crippen molar-refractivity contribution in [3.63, 3.8) is 0 Å². The van der Waals surface area contributed by atoms with Gasteiger partial charge in [-0.3, -0.25) is 0 Å². The lowest BCUT2D eigenvalue weighted by atomic mass is 9.89. The molecule has 0 N–H and O–H groups in total. The molecular weight excluding hydrogens is 713 g/mol. The molecule has 2 aromatic heterocycles. The van der Waals surface area contributed by atoms with Crippen molar-refractivity contribution in [2.75, 3.05) is 0 Å². The molecule has 274 valence electrons. The van der Waals surface area contributed by atoms with Crippen molar-refractivity contribution in [2.45, 2.75) is 5.92 Å². The van der Waals surface area contributed by atoms with Crippen molar-refractivity contribution < 1.29 is 0 Å². The molecule has 1 atom stereocenters. The molecule has 12 aromatic rings. The van der Waals surface area contributed by atoms with Crippen LogP contribution in [0.4, 0.5) is 0 Å². The lowest BCUT2D eigenvalue weighted by Gasteiger charge is -2.15. The van der Waals surface area contributed by atoms with Crippen molar-refractivity contribution in [1.82, 2.24) is 9.13 Å². The summed E-state index contributed by atoms with van der Waals surface area (Å²) in [4.78, 5) is 0. The third-order valence-corrected chi connectivity index (χ3v) is 12.9. The van der Waals surface area contributed by atoms with Gasteiger partial charge in [0.25, 0.3) is 0 Å². The highest BCUT2D eigenvalue weighted by atomic mass is 15.0. The highest BCUT2D eigenvalue weighted by Gasteiger charge is 2.31. The summed E-state index contributed by atoms with van der Waals surface area (Å²) in [5.74, 6) is 0.177. The van der Waals surface area contributed by atoms with E-state index in [0.717, 1.165) is 0 Å². The standard InChI is InChI=1S/C57H36N2/c1-2-14-38(15-3-1)57-47-20-9-8-18-45(47)48-35-56-51(34-52(48)57)50-33-42(25-29-55(50)59(56)44-27-23-37-13-5-7-17-40(37)31-44)41-24-28-54-49(32-41)46-19-10-11-21-53(46)58(54)43-26-22-36-12-4-6-16-39(36)30-43/h1-35,57H. The zero-order valence-electron chi connectivity index (χ0n) is 32.2. The molecule has 0 saturated heterocycles. The van der Waals surface area contributed by atoms with Crippen LogP contribution in [0, 0.1) is 0 Å². The first-order chi connectivity index (χ1) is 29.2. The molecular formula is C57H36N2. The largest absolute Gasteiger partial charge is 0.309 e. The maximum atomic E-state index is 2.51. The van der Waals surface area contributed by atoms with Gasteiger partial charge in [-0.15, -0.1) is 0 Å². The van der Waals surface area contributed by atoms with Crippen molar-refractivity contribution in [3.8, 4) is 33.6 Å². The molecule has 0 fully saturated rings. The molecule has 1 aliphatic carbocycles. The molecule has 1 unspecified atom stereocenters. The number of aromatic nitrogens is 2. The Balaban J connectivity index is 1.05. The zero-order valence-corrected chi connectivity index (χ0v) is 32.2. The molecule has 1 aliphatic rings.